The minimum absolute atomic E-state index is 0.0787. The van der Waals surface area contributed by atoms with Crippen LogP contribution >= 0.6 is 0 Å². The van der Waals surface area contributed by atoms with Crippen LogP contribution in [0.4, 0.5) is 0 Å². The quantitative estimate of drug-likeness (QED) is 0.364. The molecular formula is C23H30N2O3. The zero-order valence-corrected chi connectivity index (χ0v) is 17.2. The van der Waals surface area contributed by atoms with Crippen molar-refractivity contribution in [1.82, 2.24) is 5.43 Å². The summed E-state index contributed by atoms with van der Waals surface area (Å²) >= 11 is 0. The third-order valence-electron chi connectivity index (χ3n) is 4.20. The van der Waals surface area contributed by atoms with Gasteiger partial charge in [-0.3, -0.25) is 4.79 Å². The van der Waals surface area contributed by atoms with Gasteiger partial charge in [-0.15, -0.1) is 0 Å². The van der Waals surface area contributed by atoms with Crippen molar-refractivity contribution >= 4 is 12.1 Å². The van der Waals surface area contributed by atoms with E-state index in [9.17, 15) is 4.79 Å². The van der Waals surface area contributed by atoms with Crippen molar-refractivity contribution in [1.29, 1.82) is 0 Å². The van der Waals surface area contributed by atoms with Gasteiger partial charge in [0.15, 0.2) is 6.61 Å². The summed E-state index contributed by atoms with van der Waals surface area (Å²) in [7, 11) is 0. The average molecular weight is 383 g/mol. The second-order valence-corrected chi connectivity index (χ2v) is 7.05. The molecule has 5 nitrogen and oxygen atoms in total. The second kappa shape index (κ2) is 11.1. The van der Waals surface area contributed by atoms with E-state index < -0.39 is 0 Å². The number of nitrogens with one attached hydrogen (secondary N) is 1. The van der Waals surface area contributed by atoms with Gasteiger partial charge in [0.25, 0.3) is 5.91 Å². The van der Waals surface area contributed by atoms with Gasteiger partial charge in [-0.05, 0) is 66.3 Å². The van der Waals surface area contributed by atoms with Crippen LogP contribution in [0.15, 0.2) is 47.6 Å². The largest absolute Gasteiger partial charge is 0.494 e. The van der Waals surface area contributed by atoms with Crippen LogP contribution in [0.2, 0.25) is 0 Å². The molecule has 0 saturated heterocycles. The van der Waals surface area contributed by atoms with E-state index in [1.54, 1.807) is 6.21 Å². The summed E-state index contributed by atoms with van der Waals surface area (Å²) in [6, 6.07) is 13.6. The number of benzene rings is 2. The molecule has 2 aromatic rings. The highest BCUT2D eigenvalue weighted by Gasteiger charge is 2.10. The summed E-state index contributed by atoms with van der Waals surface area (Å²) in [6.07, 6.45) is 3.75. The van der Waals surface area contributed by atoms with Gasteiger partial charge >= 0.3 is 0 Å². The molecule has 5 heteroatoms. The highest BCUT2D eigenvalue weighted by molar-refractivity contribution is 5.83. The zero-order chi connectivity index (χ0) is 20.4. The van der Waals surface area contributed by atoms with E-state index in [0.29, 0.717) is 5.92 Å². The summed E-state index contributed by atoms with van der Waals surface area (Å²) in [5.41, 5.74) is 5.56. The van der Waals surface area contributed by atoms with Crippen molar-refractivity contribution in [3.8, 4) is 11.5 Å². The lowest BCUT2D eigenvalue weighted by Crippen LogP contribution is -2.25. The molecule has 1 N–H and O–H groups in total. The van der Waals surface area contributed by atoms with E-state index in [2.05, 4.69) is 31.3 Å². The summed E-state index contributed by atoms with van der Waals surface area (Å²) in [5, 5.41) is 3.99. The fourth-order valence-electron chi connectivity index (χ4n) is 2.58. The van der Waals surface area contributed by atoms with Gasteiger partial charge in [-0.1, -0.05) is 39.3 Å². The van der Waals surface area contributed by atoms with Gasteiger partial charge in [-0.25, -0.2) is 5.43 Å². The van der Waals surface area contributed by atoms with E-state index >= 15 is 0 Å². The molecule has 0 aliphatic rings. The lowest BCUT2D eigenvalue weighted by Gasteiger charge is -2.14. The molecule has 0 aromatic heterocycles. The monoisotopic (exact) mass is 382 g/mol. The number of carbonyl (C=O) groups is 1. The average Bonchev–Trinajstić information content (AvgIpc) is 2.67. The summed E-state index contributed by atoms with van der Waals surface area (Å²) < 4.78 is 11.3. The normalized spacial score (nSPS) is 11.0. The minimum atomic E-state index is -0.299. The second-order valence-electron chi connectivity index (χ2n) is 7.05. The molecule has 28 heavy (non-hydrogen) atoms. The van der Waals surface area contributed by atoms with Crippen LogP contribution < -0.4 is 14.9 Å². The smallest absolute Gasteiger partial charge is 0.277 e. The van der Waals surface area contributed by atoms with Crippen molar-refractivity contribution in [3.63, 3.8) is 0 Å². The van der Waals surface area contributed by atoms with Gasteiger partial charge in [-0.2, -0.15) is 5.10 Å². The van der Waals surface area contributed by atoms with Crippen LogP contribution in [0.5, 0.6) is 11.5 Å². The van der Waals surface area contributed by atoms with Gasteiger partial charge < -0.3 is 9.47 Å². The Labute approximate surface area is 167 Å². The molecule has 0 aliphatic carbocycles. The topological polar surface area (TPSA) is 59.9 Å². The number of rotatable bonds is 10. The van der Waals surface area contributed by atoms with Crippen molar-refractivity contribution in [2.24, 2.45) is 5.10 Å². The molecule has 0 heterocycles. The number of hydrogen-bond acceptors (Lipinski definition) is 4. The van der Waals surface area contributed by atoms with E-state index in [1.165, 1.54) is 0 Å². The van der Waals surface area contributed by atoms with Crippen LogP contribution in [0.25, 0.3) is 0 Å². The van der Waals surface area contributed by atoms with Crippen LogP contribution in [-0.2, 0) is 4.79 Å². The first-order chi connectivity index (χ1) is 13.5. The minimum Gasteiger partial charge on any atom is -0.494 e. The maximum absolute atomic E-state index is 12.0. The molecule has 0 atom stereocenters. The summed E-state index contributed by atoms with van der Waals surface area (Å²) in [4.78, 5) is 12.0. The Balaban J connectivity index is 1.82. The van der Waals surface area contributed by atoms with Gasteiger partial charge in [0.05, 0.1) is 12.8 Å². The highest BCUT2D eigenvalue weighted by Crippen LogP contribution is 2.27. The van der Waals surface area contributed by atoms with E-state index in [-0.39, 0.29) is 12.5 Å². The first-order valence-corrected chi connectivity index (χ1v) is 9.77. The first-order valence-electron chi connectivity index (χ1n) is 9.77. The Morgan fingerprint density at radius 3 is 2.57 bits per heavy atom. The molecular weight excluding hydrogens is 352 g/mol. The number of carbonyl (C=O) groups excluding carboxylic acids is 1. The first kappa shape index (κ1) is 21.5. The third-order valence-corrected chi connectivity index (χ3v) is 4.20. The lowest BCUT2D eigenvalue weighted by atomic mass is 10.0. The molecule has 150 valence electrons. The van der Waals surface area contributed by atoms with Crippen molar-refractivity contribution in [2.75, 3.05) is 13.2 Å². The van der Waals surface area contributed by atoms with E-state index in [1.807, 2.05) is 49.4 Å². The van der Waals surface area contributed by atoms with Gasteiger partial charge in [0.2, 0.25) is 0 Å². The van der Waals surface area contributed by atoms with Crippen LogP contribution in [0.3, 0.4) is 0 Å². The molecule has 1 amide bonds. The summed E-state index contributed by atoms with van der Waals surface area (Å²) in [6.45, 7) is 8.97. The Morgan fingerprint density at radius 1 is 1.14 bits per heavy atom. The maximum atomic E-state index is 12.0. The highest BCUT2D eigenvalue weighted by atomic mass is 16.5. The van der Waals surface area contributed by atoms with E-state index in [4.69, 9.17) is 9.47 Å². The molecule has 0 fully saturated rings. The number of nitrogens with zero attached hydrogens (tertiary/aromatic N) is 1. The lowest BCUT2D eigenvalue weighted by molar-refractivity contribution is -0.123. The van der Waals surface area contributed by atoms with E-state index in [0.717, 1.165) is 47.6 Å². The molecule has 2 rings (SSSR count). The third kappa shape index (κ3) is 7.06. The Bertz CT molecular complexity index is 783. The predicted molar refractivity (Wildman–Crippen MR) is 113 cm³/mol. The number of amides is 1. The predicted octanol–water partition coefficient (Wildman–Crippen LogP) is 4.83. The van der Waals surface area contributed by atoms with Crippen LogP contribution in [-0.4, -0.2) is 25.3 Å². The molecule has 2 aromatic carbocycles. The van der Waals surface area contributed by atoms with Crippen molar-refractivity contribution in [2.45, 2.75) is 46.5 Å². The van der Waals surface area contributed by atoms with Crippen molar-refractivity contribution < 1.29 is 14.3 Å². The zero-order valence-electron chi connectivity index (χ0n) is 17.2. The molecule has 0 saturated carbocycles. The van der Waals surface area contributed by atoms with Gasteiger partial charge in [0.1, 0.15) is 11.5 Å². The standard InChI is InChI=1S/C23H30N2O3/c1-5-6-13-27-20-10-8-19(9-11-20)15-24-25-23(26)16-28-22-14-18(4)7-12-21(22)17(2)3/h7-12,14-15,17H,5-6,13,16H2,1-4H3,(H,25,26). The van der Waals surface area contributed by atoms with Crippen LogP contribution in [0, 0.1) is 6.92 Å². The van der Waals surface area contributed by atoms with Crippen molar-refractivity contribution in [3.05, 3.63) is 59.2 Å². The Hall–Kier alpha value is -2.82. The number of hydrogen-bond donors (Lipinski definition) is 1. The van der Waals surface area contributed by atoms with Crippen LogP contribution in [0.1, 0.15) is 56.2 Å². The number of unbranched alkanes of at least 4 members (excludes halogenated alkanes) is 1. The number of aryl methyl sites for hydroxylation is 1. The fraction of sp³-hybridized carbons (Fsp3) is 0.391. The molecule has 0 bridgehead atoms. The SMILES string of the molecule is CCCCOc1ccc(C=NNC(=O)COc2cc(C)ccc2C(C)C)cc1. The van der Waals surface area contributed by atoms with Gasteiger partial charge in [0, 0.05) is 0 Å². The molecule has 0 radical (unpaired) electrons. The molecule has 0 aliphatic heterocycles. The fourth-order valence-corrected chi connectivity index (χ4v) is 2.58. The number of ether oxygens (including phenoxy) is 2. The Morgan fingerprint density at radius 2 is 1.89 bits per heavy atom. The number of hydrazone groups is 1. The molecule has 0 unspecified atom stereocenters. The molecule has 0 spiro atoms. The summed E-state index contributed by atoms with van der Waals surface area (Å²) in [5.74, 6) is 1.60. The maximum Gasteiger partial charge on any atom is 0.277 e. The Kier molecular flexibility index (Phi) is 8.53.